The third-order valence-electron chi connectivity index (χ3n) is 4.10. The van der Waals surface area contributed by atoms with Gasteiger partial charge in [0.25, 0.3) is 0 Å². The number of carbonyl (C=O) groups is 1. The van der Waals surface area contributed by atoms with E-state index in [0.29, 0.717) is 34.4 Å². The molecule has 7 heteroatoms. The van der Waals surface area contributed by atoms with Gasteiger partial charge in [-0.25, -0.2) is 14.8 Å². The van der Waals surface area contributed by atoms with Crippen LogP contribution in [0.4, 0.5) is 5.95 Å². The molecule has 0 aliphatic rings. The number of hydrogen-bond acceptors (Lipinski definition) is 6. The zero-order valence-corrected chi connectivity index (χ0v) is 16.6. The van der Waals surface area contributed by atoms with Gasteiger partial charge < -0.3 is 14.8 Å². The minimum Gasteiger partial charge on any atom is -0.494 e. The number of aromatic nitrogens is 2. The summed E-state index contributed by atoms with van der Waals surface area (Å²) in [6, 6.07) is 9.44. The normalized spacial score (nSPS) is 11.0. The molecule has 0 unspecified atom stereocenters. The molecule has 0 saturated heterocycles. The Labute approximate surface area is 168 Å². The summed E-state index contributed by atoms with van der Waals surface area (Å²) in [4.78, 5) is 20.7. The Morgan fingerprint density at radius 2 is 2.14 bits per heavy atom. The first kappa shape index (κ1) is 19.6. The average molecular weight is 398 g/mol. The van der Waals surface area contributed by atoms with Gasteiger partial charge in [0.2, 0.25) is 5.95 Å². The molecule has 0 amide bonds. The second-order valence-corrected chi connectivity index (χ2v) is 6.28. The number of benzene rings is 2. The van der Waals surface area contributed by atoms with Gasteiger partial charge in [-0.2, -0.15) is 0 Å². The van der Waals surface area contributed by atoms with Crippen molar-refractivity contribution in [2.24, 2.45) is 0 Å². The molecular weight excluding hydrogens is 378 g/mol. The number of nitrogens with zero attached hydrogens (tertiary/aromatic N) is 2. The van der Waals surface area contributed by atoms with Crippen LogP contribution in [-0.2, 0) is 9.53 Å². The number of ether oxygens (including phenoxy) is 2. The number of halogens is 1. The molecule has 0 saturated carbocycles. The van der Waals surface area contributed by atoms with Crippen LogP contribution < -0.4 is 10.1 Å². The summed E-state index contributed by atoms with van der Waals surface area (Å²) in [6.07, 6.45) is 4.77. The quantitative estimate of drug-likeness (QED) is 0.485. The predicted octanol–water partition coefficient (Wildman–Crippen LogP) is 4.58. The van der Waals surface area contributed by atoms with Gasteiger partial charge in [0.15, 0.2) is 5.75 Å². The summed E-state index contributed by atoms with van der Waals surface area (Å²) in [5.41, 5.74) is 3.11. The molecule has 3 rings (SSSR count). The Balaban J connectivity index is 2.28. The van der Waals surface area contributed by atoms with Crippen molar-refractivity contribution in [3.05, 3.63) is 53.2 Å². The van der Waals surface area contributed by atoms with Gasteiger partial charge in [0.05, 0.1) is 13.7 Å². The highest BCUT2D eigenvalue weighted by atomic mass is 35.5. The van der Waals surface area contributed by atoms with Gasteiger partial charge in [-0.1, -0.05) is 23.7 Å². The Hall–Kier alpha value is -3.12. The maximum atomic E-state index is 11.8. The highest BCUT2D eigenvalue weighted by Gasteiger charge is 2.16. The molecule has 2 aromatic carbocycles. The lowest BCUT2D eigenvalue weighted by molar-refractivity contribution is -0.137. The minimum atomic E-state index is -0.424. The lowest BCUT2D eigenvalue weighted by atomic mass is 9.97. The van der Waals surface area contributed by atoms with Crippen LogP contribution in [0.2, 0.25) is 5.02 Å². The zero-order valence-electron chi connectivity index (χ0n) is 15.8. The molecule has 0 atom stereocenters. The van der Waals surface area contributed by atoms with Crippen molar-refractivity contribution in [2.45, 2.75) is 6.92 Å². The SMILES string of the molecule is CCOC(=O)C=Cc1cc(-c2cccc(Cl)c2)c2cnc(NC)nc2c1OC. The molecule has 0 spiro atoms. The summed E-state index contributed by atoms with van der Waals surface area (Å²) in [6.45, 7) is 2.07. The predicted molar refractivity (Wildman–Crippen MR) is 112 cm³/mol. The summed E-state index contributed by atoms with van der Waals surface area (Å²) in [5.74, 6) is 0.585. The number of anilines is 1. The Kier molecular flexibility index (Phi) is 6.11. The molecule has 0 fully saturated rings. The molecule has 28 heavy (non-hydrogen) atoms. The van der Waals surface area contributed by atoms with Crippen molar-refractivity contribution in [1.29, 1.82) is 0 Å². The number of esters is 1. The van der Waals surface area contributed by atoms with E-state index in [2.05, 4.69) is 15.3 Å². The fraction of sp³-hybridized carbons (Fsp3) is 0.190. The van der Waals surface area contributed by atoms with Gasteiger partial charge in [-0.05, 0) is 42.3 Å². The first-order valence-corrected chi connectivity index (χ1v) is 9.11. The van der Waals surface area contributed by atoms with Gasteiger partial charge in [-0.15, -0.1) is 0 Å². The number of methoxy groups -OCH3 is 1. The van der Waals surface area contributed by atoms with Crippen molar-refractivity contribution in [3.63, 3.8) is 0 Å². The summed E-state index contributed by atoms with van der Waals surface area (Å²) in [5, 5.41) is 4.37. The molecular formula is C21H20ClN3O3. The van der Waals surface area contributed by atoms with E-state index < -0.39 is 5.97 Å². The van der Waals surface area contributed by atoms with Crippen LogP contribution in [0, 0.1) is 0 Å². The van der Waals surface area contributed by atoms with Gasteiger partial charge in [-0.3, -0.25) is 0 Å². The van der Waals surface area contributed by atoms with E-state index in [1.165, 1.54) is 6.08 Å². The maximum absolute atomic E-state index is 11.8. The van der Waals surface area contributed by atoms with E-state index in [1.807, 2.05) is 30.3 Å². The maximum Gasteiger partial charge on any atom is 0.330 e. The summed E-state index contributed by atoms with van der Waals surface area (Å²) in [7, 11) is 3.31. The molecule has 0 radical (unpaired) electrons. The molecule has 6 nitrogen and oxygen atoms in total. The monoisotopic (exact) mass is 397 g/mol. The largest absolute Gasteiger partial charge is 0.494 e. The lowest BCUT2D eigenvalue weighted by Gasteiger charge is -2.14. The van der Waals surface area contributed by atoms with Crippen LogP contribution in [0.15, 0.2) is 42.6 Å². The Morgan fingerprint density at radius 1 is 1.32 bits per heavy atom. The third-order valence-corrected chi connectivity index (χ3v) is 4.34. The van der Waals surface area contributed by atoms with E-state index in [1.54, 1.807) is 33.4 Å². The molecule has 144 valence electrons. The molecule has 0 aliphatic heterocycles. The number of rotatable bonds is 6. The topological polar surface area (TPSA) is 73.3 Å². The van der Waals surface area contributed by atoms with E-state index in [-0.39, 0.29) is 0 Å². The molecule has 0 bridgehead atoms. The number of nitrogens with one attached hydrogen (secondary N) is 1. The van der Waals surface area contributed by atoms with Crippen molar-refractivity contribution < 1.29 is 14.3 Å². The van der Waals surface area contributed by atoms with Crippen LogP contribution in [-0.4, -0.2) is 36.7 Å². The van der Waals surface area contributed by atoms with Gasteiger partial charge in [0, 0.05) is 35.3 Å². The van der Waals surface area contributed by atoms with Crippen LogP contribution in [0.5, 0.6) is 5.75 Å². The smallest absolute Gasteiger partial charge is 0.330 e. The van der Waals surface area contributed by atoms with Crippen molar-refractivity contribution in [2.75, 3.05) is 26.1 Å². The lowest BCUT2D eigenvalue weighted by Crippen LogP contribution is -2.01. The summed E-state index contributed by atoms with van der Waals surface area (Å²) < 4.78 is 10.6. The van der Waals surface area contributed by atoms with Gasteiger partial charge in [0.1, 0.15) is 5.52 Å². The van der Waals surface area contributed by atoms with E-state index in [4.69, 9.17) is 21.1 Å². The number of fused-ring (bicyclic) bond motifs is 1. The van der Waals surface area contributed by atoms with Gasteiger partial charge >= 0.3 is 5.97 Å². The number of carbonyl (C=O) groups excluding carboxylic acids is 1. The van der Waals surface area contributed by atoms with Crippen LogP contribution in [0.3, 0.4) is 0 Å². The van der Waals surface area contributed by atoms with E-state index >= 15 is 0 Å². The third kappa shape index (κ3) is 4.07. The first-order valence-electron chi connectivity index (χ1n) is 8.73. The molecule has 0 aliphatic carbocycles. The standard InChI is InChI=1S/C21H20ClN3O3/c1-4-28-18(26)9-8-14-11-16(13-6-5-7-15(22)10-13)17-12-24-21(23-2)25-19(17)20(14)27-3/h5-12H,4H2,1-3H3,(H,23,24,25). The first-order chi connectivity index (χ1) is 13.6. The molecule has 1 heterocycles. The van der Waals surface area contributed by atoms with Crippen LogP contribution >= 0.6 is 11.6 Å². The Morgan fingerprint density at radius 3 is 2.82 bits per heavy atom. The fourth-order valence-electron chi connectivity index (χ4n) is 2.89. The Bertz CT molecular complexity index is 1050. The summed E-state index contributed by atoms with van der Waals surface area (Å²) >= 11 is 6.19. The highest BCUT2D eigenvalue weighted by Crippen LogP contribution is 2.38. The van der Waals surface area contributed by atoms with Crippen molar-refractivity contribution >= 4 is 40.5 Å². The molecule has 1 aromatic heterocycles. The van der Waals surface area contributed by atoms with Crippen molar-refractivity contribution in [3.8, 4) is 16.9 Å². The minimum absolute atomic E-state index is 0.310. The highest BCUT2D eigenvalue weighted by molar-refractivity contribution is 6.31. The average Bonchev–Trinajstić information content (AvgIpc) is 2.71. The fourth-order valence-corrected chi connectivity index (χ4v) is 3.08. The van der Waals surface area contributed by atoms with Crippen LogP contribution in [0.1, 0.15) is 12.5 Å². The number of hydrogen-bond donors (Lipinski definition) is 1. The second kappa shape index (κ2) is 8.71. The zero-order chi connectivity index (χ0) is 20.1. The van der Waals surface area contributed by atoms with E-state index in [0.717, 1.165) is 16.5 Å². The van der Waals surface area contributed by atoms with E-state index in [9.17, 15) is 4.79 Å². The van der Waals surface area contributed by atoms with Crippen LogP contribution in [0.25, 0.3) is 28.1 Å². The second-order valence-electron chi connectivity index (χ2n) is 5.85. The van der Waals surface area contributed by atoms with Crippen molar-refractivity contribution in [1.82, 2.24) is 9.97 Å². The molecule has 1 N–H and O–H groups in total. The molecule has 3 aromatic rings.